The number of aliphatic hydroxyl groups excluding tert-OH is 4. The third kappa shape index (κ3) is 4.57. The van der Waals surface area contributed by atoms with Crippen LogP contribution in [0.3, 0.4) is 0 Å². The topological polar surface area (TPSA) is 90.2 Å². The summed E-state index contributed by atoms with van der Waals surface area (Å²) in [6, 6.07) is 16.2. The van der Waals surface area contributed by atoms with Gasteiger partial charge in [0.1, 0.15) is 36.3 Å². The second-order valence-electron chi connectivity index (χ2n) is 7.89. The fourth-order valence-corrected chi connectivity index (χ4v) is 4.93. The molecule has 5 atom stereocenters. The molecule has 1 saturated heterocycles. The van der Waals surface area contributed by atoms with Crippen LogP contribution in [0.25, 0.3) is 10.4 Å². The summed E-state index contributed by atoms with van der Waals surface area (Å²) in [6.45, 7) is 1.45. The molecule has 164 valence electrons. The summed E-state index contributed by atoms with van der Waals surface area (Å²) in [4.78, 5) is 2.20. The molecule has 1 aliphatic heterocycles. The van der Waals surface area contributed by atoms with Crippen LogP contribution in [-0.4, -0.2) is 51.4 Å². The minimum Gasteiger partial charge on any atom is -0.394 e. The van der Waals surface area contributed by atoms with Gasteiger partial charge in [0.05, 0.1) is 6.61 Å². The molecule has 4 rings (SSSR count). The van der Waals surface area contributed by atoms with Crippen molar-refractivity contribution in [3.63, 3.8) is 0 Å². The summed E-state index contributed by atoms with van der Waals surface area (Å²) in [5, 5.41) is 39.7. The Hall–Kier alpha value is -2.13. The number of ether oxygens (including phenoxy) is 1. The van der Waals surface area contributed by atoms with Crippen LogP contribution in [0.2, 0.25) is 0 Å². The highest BCUT2D eigenvalue weighted by molar-refractivity contribution is 7.15. The Morgan fingerprint density at radius 2 is 1.77 bits per heavy atom. The maximum absolute atomic E-state index is 13.2. The average Bonchev–Trinajstić information content (AvgIpc) is 3.35. The molecule has 0 aliphatic carbocycles. The minimum atomic E-state index is -1.28. The zero-order chi connectivity index (χ0) is 22.1. The van der Waals surface area contributed by atoms with E-state index in [1.165, 1.54) is 12.1 Å². The molecular formula is C24H25FO5S. The van der Waals surface area contributed by atoms with E-state index in [4.69, 9.17) is 9.84 Å². The van der Waals surface area contributed by atoms with Crippen LogP contribution >= 0.6 is 11.3 Å². The van der Waals surface area contributed by atoms with Crippen molar-refractivity contribution in [3.05, 3.63) is 82.0 Å². The van der Waals surface area contributed by atoms with Gasteiger partial charge in [-0.25, -0.2) is 4.39 Å². The van der Waals surface area contributed by atoms with E-state index in [0.717, 1.165) is 26.4 Å². The van der Waals surface area contributed by atoms with E-state index in [1.807, 2.05) is 37.3 Å². The van der Waals surface area contributed by atoms with E-state index in [-0.39, 0.29) is 5.82 Å². The molecule has 2 heterocycles. The molecule has 0 saturated carbocycles. The van der Waals surface area contributed by atoms with Crippen LogP contribution in [-0.2, 0) is 11.2 Å². The standard InChI is InChI=1S/C24H25FO5S/c1-13-2-3-15(23-21(28)22(29)24(30-23)19(27)12-26)10-16(13)11-18-8-9-20(31-18)14-4-6-17(25)7-5-14/h2-10,19,21-24,26-29H,11-12H2,1H3/t19-,21+,22-,23?,24?/m1/s1. The van der Waals surface area contributed by atoms with Gasteiger partial charge in [-0.2, -0.15) is 0 Å². The van der Waals surface area contributed by atoms with Crippen molar-refractivity contribution in [2.75, 3.05) is 6.61 Å². The molecular weight excluding hydrogens is 419 g/mol. The van der Waals surface area contributed by atoms with Crippen LogP contribution in [0.5, 0.6) is 0 Å². The van der Waals surface area contributed by atoms with E-state index in [9.17, 15) is 19.7 Å². The van der Waals surface area contributed by atoms with Gasteiger partial charge in [-0.05, 0) is 53.4 Å². The molecule has 5 nitrogen and oxygen atoms in total. The third-order valence-electron chi connectivity index (χ3n) is 5.72. The Balaban J connectivity index is 1.54. The lowest BCUT2D eigenvalue weighted by Crippen LogP contribution is -2.40. The molecule has 4 N–H and O–H groups in total. The summed E-state index contributed by atoms with van der Waals surface area (Å²) in [6.07, 6.45) is -4.92. The molecule has 0 amide bonds. The van der Waals surface area contributed by atoms with Crippen LogP contribution in [0.15, 0.2) is 54.6 Å². The van der Waals surface area contributed by atoms with Crippen molar-refractivity contribution in [2.24, 2.45) is 0 Å². The second-order valence-corrected chi connectivity index (χ2v) is 9.06. The van der Waals surface area contributed by atoms with Crippen molar-refractivity contribution in [1.82, 2.24) is 0 Å². The monoisotopic (exact) mass is 444 g/mol. The zero-order valence-corrected chi connectivity index (χ0v) is 17.8. The van der Waals surface area contributed by atoms with Gasteiger partial charge in [0, 0.05) is 16.2 Å². The molecule has 2 aromatic carbocycles. The van der Waals surface area contributed by atoms with Crippen LogP contribution in [0, 0.1) is 12.7 Å². The molecule has 0 radical (unpaired) electrons. The zero-order valence-electron chi connectivity index (χ0n) is 17.0. The fraction of sp³-hybridized carbons (Fsp3) is 0.333. The Bertz CT molecular complexity index is 1030. The van der Waals surface area contributed by atoms with Gasteiger partial charge in [0.15, 0.2) is 0 Å². The summed E-state index contributed by atoms with van der Waals surface area (Å²) in [7, 11) is 0. The van der Waals surface area contributed by atoms with Crippen molar-refractivity contribution in [1.29, 1.82) is 0 Å². The summed E-state index contributed by atoms with van der Waals surface area (Å²) < 4.78 is 18.9. The predicted molar refractivity (Wildman–Crippen MR) is 116 cm³/mol. The van der Waals surface area contributed by atoms with Crippen molar-refractivity contribution in [3.8, 4) is 10.4 Å². The van der Waals surface area contributed by atoms with Crippen molar-refractivity contribution >= 4 is 11.3 Å². The number of aryl methyl sites for hydroxylation is 1. The molecule has 1 aliphatic rings. The maximum Gasteiger partial charge on any atom is 0.123 e. The van der Waals surface area contributed by atoms with Gasteiger partial charge in [-0.15, -0.1) is 11.3 Å². The lowest BCUT2D eigenvalue weighted by Gasteiger charge is -2.19. The molecule has 0 spiro atoms. The quantitative estimate of drug-likeness (QED) is 0.469. The SMILES string of the molecule is Cc1ccc(C2OC([C@H](O)CO)[C@H](O)[C@@H]2O)cc1Cc1ccc(-c2ccc(F)cc2)s1. The lowest BCUT2D eigenvalue weighted by molar-refractivity contribution is -0.0820. The van der Waals surface area contributed by atoms with E-state index < -0.39 is 37.1 Å². The first-order valence-corrected chi connectivity index (χ1v) is 10.9. The molecule has 0 bridgehead atoms. The fourth-order valence-electron chi connectivity index (χ4n) is 3.89. The summed E-state index contributed by atoms with van der Waals surface area (Å²) in [5.74, 6) is -0.261. The van der Waals surface area contributed by atoms with Crippen molar-refractivity contribution < 1.29 is 29.6 Å². The highest BCUT2D eigenvalue weighted by Gasteiger charge is 2.46. The molecule has 1 aromatic heterocycles. The first-order chi connectivity index (χ1) is 14.9. The van der Waals surface area contributed by atoms with E-state index in [1.54, 1.807) is 23.5 Å². The van der Waals surface area contributed by atoms with E-state index in [2.05, 4.69) is 0 Å². The molecule has 31 heavy (non-hydrogen) atoms. The highest BCUT2D eigenvalue weighted by Crippen LogP contribution is 2.36. The van der Waals surface area contributed by atoms with E-state index >= 15 is 0 Å². The summed E-state index contributed by atoms with van der Waals surface area (Å²) in [5.41, 5.74) is 3.81. The Morgan fingerprint density at radius 1 is 1.03 bits per heavy atom. The average molecular weight is 445 g/mol. The molecule has 7 heteroatoms. The maximum atomic E-state index is 13.2. The van der Waals surface area contributed by atoms with Crippen LogP contribution < -0.4 is 0 Å². The highest BCUT2D eigenvalue weighted by atomic mass is 32.1. The van der Waals surface area contributed by atoms with Crippen LogP contribution in [0.4, 0.5) is 4.39 Å². The molecule has 2 unspecified atom stereocenters. The Kier molecular flexibility index (Phi) is 6.52. The lowest BCUT2D eigenvalue weighted by atomic mass is 9.95. The van der Waals surface area contributed by atoms with Crippen LogP contribution in [0.1, 0.15) is 27.7 Å². The third-order valence-corrected chi connectivity index (χ3v) is 6.86. The summed E-state index contributed by atoms with van der Waals surface area (Å²) >= 11 is 1.64. The first-order valence-electron chi connectivity index (χ1n) is 10.1. The predicted octanol–water partition coefficient (Wildman–Crippen LogP) is 2.97. The van der Waals surface area contributed by atoms with Gasteiger partial charge in [0.25, 0.3) is 0 Å². The molecule has 3 aromatic rings. The smallest absolute Gasteiger partial charge is 0.123 e. The Morgan fingerprint density at radius 3 is 2.48 bits per heavy atom. The number of benzene rings is 2. The van der Waals surface area contributed by atoms with Gasteiger partial charge in [-0.3, -0.25) is 0 Å². The number of rotatable bonds is 6. The largest absolute Gasteiger partial charge is 0.394 e. The van der Waals surface area contributed by atoms with Gasteiger partial charge < -0.3 is 25.2 Å². The normalized spacial score (nSPS) is 24.5. The number of hydrogen-bond donors (Lipinski definition) is 4. The number of thiophene rings is 1. The van der Waals surface area contributed by atoms with Gasteiger partial charge >= 0.3 is 0 Å². The van der Waals surface area contributed by atoms with Gasteiger partial charge in [-0.1, -0.05) is 30.3 Å². The van der Waals surface area contributed by atoms with Gasteiger partial charge in [0.2, 0.25) is 0 Å². The molecule has 1 fully saturated rings. The Labute approximate surface area is 184 Å². The van der Waals surface area contributed by atoms with Crippen molar-refractivity contribution in [2.45, 2.75) is 43.9 Å². The number of hydrogen-bond acceptors (Lipinski definition) is 6. The number of aliphatic hydroxyl groups is 4. The first kappa shape index (κ1) is 22.1. The minimum absolute atomic E-state index is 0.261. The second kappa shape index (κ2) is 9.16. The number of halogens is 1. The van der Waals surface area contributed by atoms with E-state index in [0.29, 0.717) is 12.0 Å².